The third-order valence-electron chi connectivity index (χ3n) is 4.79. The number of methoxy groups -OCH3 is 2. The molecule has 11 heteroatoms. The number of hydrogen-bond donors (Lipinski definition) is 3. The first-order chi connectivity index (χ1) is 16.7. The van der Waals surface area contributed by atoms with Gasteiger partial charge in [-0.05, 0) is 77.2 Å². The molecule has 188 valence electrons. The predicted octanol–water partition coefficient (Wildman–Crippen LogP) is 2.69. The van der Waals surface area contributed by atoms with Crippen molar-refractivity contribution in [3.8, 4) is 11.5 Å². The molecule has 2 aromatic rings. The van der Waals surface area contributed by atoms with Gasteiger partial charge in [0.2, 0.25) is 0 Å². The highest BCUT2D eigenvalue weighted by atomic mass is 79.9. The number of aryl methyl sites for hydroxylation is 2. The highest BCUT2D eigenvalue weighted by Crippen LogP contribution is 2.36. The summed E-state index contributed by atoms with van der Waals surface area (Å²) in [6.45, 7) is 4.54. The largest absolute Gasteiger partial charge is 0.493 e. The van der Waals surface area contributed by atoms with Crippen molar-refractivity contribution < 1.29 is 28.6 Å². The summed E-state index contributed by atoms with van der Waals surface area (Å²) in [5.41, 5.74) is 5.61. The summed E-state index contributed by atoms with van der Waals surface area (Å²) in [6.07, 6.45) is 1.94. The van der Waals surface area contributed by atoms with Crippen LogP contribution in [0, 0.1) is 13.8 Å². The Morgan fingerprint density at radius 3 is 2.51 bits per heavy atom. The molecule has 2 rings (SSSR count). The fourth-order valence-corrected chi connectivity index (χ4v) is 3.40. The van der Waals surface area contributed by atoms with Crippen molar-refractivity contribution in [2.24, 2.45) is 5.10 Å². The first-order valence-electron chi connectivity index (χ1n) is 10.7. The molecule has 0 unspecified atom stereocenters. The molecule has 0 aliphatic heterocycles. The molecule has 0 aromatic heterocycles. The second-order valence-electron chi connectivity index (χ2n) is 7.47. The summed E-state index contributed by atoms with van der Waals surface area (Å²) >= 11 is 3.40. The number of rotatable bonds is 11. The Kier molecular flexibility index (Phi) is 11.2. The Balaban J connectivity index is 1.94. The van der Waals surface area contributed by atoms with E-state index in [2.05, 4.69) is 37.1 Å². The lowest BCUT2D eigenvalue weighted by atomic mass is 10.1. The lowest BCUT2D eigenvalue weighted by molar-refractivity contribution is -0.139. The molecular formula is C24H29BrN4O6. The Hall–Kier alpha value is -3.44. The molecule has 0 atom stereocenters. The van der Waals surface area contributed by atoms with Crippen LogP contribution in [0.15, 0.2) is 39.9 Å². The van der Waals surface area contributed by atoms with Crippen molar-refractivity contribution >= 4 is 45.6 Å². The minimum atomic E-state index is -0.889. The first-order valence-corrected chi connectivity index (χ1v) is 11.5. The summed E-state index contributed by atoms with van der Waals surface area (Å²) in [5, 5.41) is 9.05. The minimum Gasteiger partial charge on any atom is -0.493 e. The number of hydrogen-bond acceptors (Lipinski definition) is 7. The van der Waals surface area contributed by atoms with Crippen molar-refractivity contribution in [3.05, 3.63) is 51.5 Å². The summed E-state index contributed by atoms with van der Waals surface area (Å²) in [6, 6.07) is 8.93. The number of hydrazone groups is 1. The second kappa shape index (κ2) is 14.1. The number of halogens is 1. The van der Waals surface area contributed by atoms with Gasteiger partial charge in [-0.2, -0.15) is 5.10 Å². The summed E-state index contributed by atoms with van der Waals surface area (Å²) < 4.78 is 16.4. The number of anilines is 1. The smallest absolute Gasteiger partial charge is 0.329 e. The molecule has 0 aliphatic carbocycles. The van der Waals surface area contributed by atoms with Gasteiger partial charge in [-0.25, -0.2) is 5.43 Å². The maximum Gasteiger partial charge on any atom is 0.329 e. The van der Waals surface area contributed by atoms with Crippen molar-refractivity contribution in [3.63, 3.8) is 0 Å². The van der Waals surface area contributed by atoms with E-state index in [0.29, 0.717) is 46.8 Å². The lowest BCUT2D eigenvalue weighted by Crippen LogP contribution is -2.38. The van der Waals surface area contributed by atoms with Crippen LogP contribution >= 0.6 is 15.9 Å². The number of nitrogens with one attached hydrogen (secondary N) is 3. The van der Waals surface area contributed by atoms with Crippen LogP contribution in [0.1, 0.15) is 23.1 Å². The summed E-state index contributed by atoms with van der Waals surface area (Å²) in [4.78, 5) is 35.8. The standard InChI is InChI=1S/C24H29BrN4O6/c1-15-6-7-18(10-16(15)2)28-21(30)14-35-22-19(25)11-17(12-20(22)34-4)13-27-29-24(32)23(31)26-8-5-9-33-3/h6-7,10-13H,5,8-9,14H2,1-4H3,(H,26,31)(H,28,30)(H,29,32)/b27-13-. The van der Waals surface area contributed by atoms with E-state index in [1.165, 1.54) is 13.3 Å². The maximum absolute atomic E-state index is 12.3. The van der Waals surface area contributed by atoms with Crippen molar-refractivity contribution in [2.45, 2.75) is 20.3 Å². The zero-order chi connectivity index (χ0) is 25.8. The number of carbonyl (C=O) groups excluding carboxylic acids is 3. The summed E-state index contributed by atoms with van der Waals surface area (Å²) in [7, 11) is 3.01. The van der Waals surface area contributed by atoms with Gasteiger partial charge in [0, 0.05) is 25.9 Å². The fourth-order valence-electron chi connectivity index (χ4n) is 2.82. The van der Waals surface area contributed by atoms with Crippen LogP contribution in [-0.4, -0.2) is 57.9 Å². The summed E-state index contributed by atoms with van der Waals surface area (Å²) in [5.74, 6) is -1.32. The van der Waals surface area contributed by atoms with Gasteiger partial charge in [-0.1, -0.05) is 6.07 Å². The molecular weight excluding hydrogens is 520 g/mol. The molecule has 0 fully saturated rings. The number of carbonyl (C=O) groups is 3. The van der Waals surface area contributed by atoms with E-state index in [1.807, 2.05) is 32.0 Å². The molecule has 2 aromatic carbocycles. The van der Waals surface area contributed by atoms with Gasteiger partial charge in [0.15, 0.2) is 18.1 Å². The Labute approximate surface area is 212 Å². The zero-order valence-electron chi connectivity index (χ0n) is 20.1. The van der Waals surface area contributed by atoms with Crippen LogP contribution in [0.2, 0.25) is 0 Å². The third-order valence-corrected chi connectivity index (χ3v) is 5.38. The van der Waals surface area contributed by atoms with Gasteiger partial charge in [-0.3, -0.25) is 14.4 Å². The molecule has 3 N–H and O–H groups in total. The number of benzene rings is 2. The molecule has 0 radical (unpaired) electrons. The van der Waals surface area contributed by atoms with E-state index < -0.39 is 11.8 Å². The minimum absolute atomic E-state index is 0.231. The number of amides is 3. The highest BCUT2D eigenvalue weighted by molar-refractivity contribution is 9.10. The Morgan fingerprint density at radius 2 is 1.83 bits per heavy atom. The Bertz CT molecular complexity index is 1090. The van der Waals surface area contributed by atoms with E-state index in [1.54, 1.807) is 19.2 Å². The van der Waals surface area contributed by atoms with Crippen LogP contribution in [0.5, 0.6) is 11.5 Å². The normalized spacial score (nSPS) is 10.7. The van der Waals surface area contributed by atoms with Crippen LogP contribution in [0.4, 0.5) is 5.69 Å². The SMILES string of the molecule is COCCCNC(=O)C(=O)N/N=C\c1cc(Br)c(OCC(=O)Nc2ccc(C)c(C)c2)c(OC)c1. The highest BCUT2D eigenvalue weighted by Gasteiger charge is 2.14. The fraction of sp³-hybridized carbons (Fsp3) is 0.333. The van der Waals surface area contributed by atoms with E-state index in [9.17, 15) is 14.4 Å². The van der Waals surface area contributed by atoms with Crippen molar-refractivity contribution in [2.75, 3.05) is 39.3 Å². The molecule has 0 aliphatic rings. The first kappa shape index (κ1) is 27.8. The van der Waals surface area contributed by atoms with Crippen LogP contribution < -0.4 is 25.5 Å². The predicted molar refractivity (Wildman–Crippen MR) is 136 cm³/mol. The molecule has 10 nitrogen and oxygen atoms in total. The molecule has 0 bridgehead atoms. The molecule has 0 spiro atoms. The van der Waals surface area contributed by atoms with Crippen molar-refractivity contribution in [1.82, 2.24) is 10.7 Å². The average molecular weight is 549 g/mol. The lowest BCUT2D eigenvalue weighted by Gasteiger charge is -2.14. The van der Waals surface area contributed by atoms with Gasteiger partial charge in [0.05, 0.1) is 17.8 Å². The monoisotopic (exact) mass is 548 g/mol. The van der Waals surface area contributed by atoms with Crippen LogP contribution in [0.25, 0.3) is 0 Å². The second-order valence-corrected chi connectivity index (χ2v) is 8.33. The molecule has 0 heterocycles. The van der Waals surface area contributed by atoms with E-state index >= 15 is 0 Å². The third kappa shape index (κ3) is 9.02. The van der Waals surface area contributed by atoms with E-state index in [4.69, 9.17) is 14.2 Å². The molecule has 35 heavy (non-hydrogen) atoms. The van der Waals surface area contributed by atoms with Crippen LogP contribution in [0.3, 0.4) is 0 Å². The van der Waals surface area contributed by atoms with Gasteiger partial charge in [0.1, 0.15) is 0 Å². The van der Waals surface area contributed by atoms with Gasteiger partial charge < -0.3 is 24.8 Å². The molecule has 0 saturated heterocycles. The topological polar surface area (TPSA) is 127 Å². The van der Waals surface area contributed by atoms with Gasteiger partial charge >= 0.3 is 11.8 Å². The number of nitrogens with zero attached hydrogens (tertiary/aromatic N) is 1. The number of ether oxygens (including phenoxy) is 3. The van der Waals surface area contributed by atoms with Crippen molar-refractivity contribution in [1.29, 1.82) is 0 Å². The molecule has 0 saturated carbocycles. The van der Waals surface area contributed by atoms with E-state index in [0.717, 1.165) is 11.1 Å². The maximum atomic E-state index is 12.3. The molecule has 3 amide bonds. The average Bonchev–Trinajstić information content (AvgIpc) is 2.82. The quantitative estimate of drug-likeness (QED) is 0.171. The van der Waals surface area contributed by atoms with E-state index in [-0.39, 0.29) is 12.5 Å². The van der Waals surface area contributed by atoms with Crippen LogP contribution in [-0.2, 0) is 19.1 Å². The Morgan fingerprint density at radius 1 is 1.06 bits per heavy atom. The van der Waals surface area contributed by atoms with Gasteiger partial charge in [-0.15, -0.1) is 0 Å². The van der Waals surface area contributed by atoms with Gasteiger partial charge in [0.25, 0.3) is 5.91 Å². The zero-order valence-corrected chi connectivity index (χ0v) is 21.7.